The molecule has 3 aromatic heterocycles. The summed E-state index contributed by atoms with van der Waals surface area (Å²) in [5, 5.41) is 16.4. The number of carbonyl (C=O) groups is 1. The number of hydrogen-bond donors (Lipinski definition) is 2. The SMILES string of the molecule is Cc1cc(Cn2cc3c(C(=O)NCO)nccc3n2)ncc1OCC1CC1. The maximum Gasteiger partial charge on any atom is 0.272 e. The average Bonchev–Trinajstić information content (AvgIpc) is 3.38. The first-order valence-corrected chi connectivity index (χ1v) is 8.93. The topological polar surface area (TPSA) is 102 Å². The molecule has 0 radical (unpaired) electrons. The van der Waals surface area contributed by atoms with Crippen molar-refractivity contribution in [2.24, 2.45) is 5.92 Å². The number of carbonyl (C=O) groups excluding carboxylic acids is 1. The fourth-order valence-electron chi connectivity index (χ4n) is 2.91. The van der Waals surface area contributed by atoms with E-state index in [4.69, 9.17) is 9.84 Å². The van der Waals surface area contributed by atoms with Crippen LogP contribution in [0.4, 0.5) is 0 Å². The smallest absolute Gasteiger partial charge is 0.272 e. The van der Waals surface area contributed by atoms with Crippen LogP contribution in [0.2, 0.25) is 0 Å². The summed E-state index contributed by atoms with van der Waals surface area (Å²) in [5.41, 5.74) is 2.80. The summed E-state index contributed by atoms with van der Waals surface area (Å²) in [6, 6.07) is 3.74. The van der Waals surface area contributed by atoms with E-state index in [9.17, 15) is 4.79 Å². The van der Waals surface area contributed by atoms with Crippen LogP contribution in [-0.4, -0.2) is 44.1 Å². The van der Waals surface area contributed by atoms with Crippen LogP contribution in [0.1, 0.15) is 34.6 Å². The van der Waals surface area contributed by atoms with Gasteiger partial charge in [0.15, 0.2) is 0 Å². The van der Waals surface area contributed by atoms with Gasteiger partial charge in [0.2, 0.25) is 0 Å². The van der Waals surface area contributed by atoms with Crippen molar-refractivity contribution in [2.45, 2.75) is 26.3 Å². The number of nitrogens with zero attached hydrogens (tertiary/aromatic N) is 4. The Labute approximate surface area is 156 Å². The number of aliphatic hydroxyl groups is 1. The largest absolute Gasteiger partial charge is 0.491 e. The normalized spacial score (nSPS) is 13.7. The highest BCUT2D eigenvalue weighted by Gasteiger charge is 2.22. The number of pyridine rings is 2. The molecule has 4 rings (SSSR count). The van der Waals surface area contributed by atoms with Crippen LogP contribution >= 0.6 is 0 Å². The minimum absolute atomic E-state index is 0.237. The fraction of sp³-hybridized carbons (Fsp3) is 0.368. The van der Waals surface area contributed by atoms with Gasteiger partial charge in [-0.05, 0) is 43.4 Å². The van der Waals surface area contributed by atoms with Crippen molar-refractivity contribution < 1.29 is 14.6 Å². The summed E-state index contributed by atoms with van der Waals surface area (Å²) in [7, 11) is 0. The molecule has 0 atom stereocenters. The molecule has 0 unspecified atom stereocenters. The van der Waals surface area contributed by atoms with E-state index in [-0.39, 0.29) is 5.69 Å². The molecule has 1 saturated carbocycles. The maximum atomic E-state index is 12.0. The molecule has 8 nitrogen and oxygen atoms in total. The zero-order valence-electron chi connectivity index (χ0n) is 15.1. The van der Waals surface area contributed by atoms with Crippen molar-refractivity contribution in [3.63, 3.8) is 0 Å². The van der Waals surface area contributed by atoms with Crippen LogP contribution in [0.3, 0.4) is 0 Å². The average molecular weight is 367 g/mol. The molecule has 1 fully saturated rings. The van der Waals surface area contributed by atoms with Gasteiger partial charge < -0.3 is 15.2 Å². The Balaban J connectivity index is 1.53. The number of aliphatic hydroxyl groups excluding tert-OH is 1. The third-order valence-corrected chi connectivity index (χ3v) is 4.55. The third-order valence-electron chi connectivity index (χ3n) is 4.55. The maximum absolute atomic E-state index is 12.0. The van der Waals surface area contributed by atoms with Crippen LogP contribution in [-0.2, 0) is 6.54 Å². The summed E-state index contributed by atoms with van der Waals surface area (Å²) in [6.45, 7) is 2.80. The van der Waals surface area contributed by atoms with Gasteiger partial charge in [-0.1, -0.05) is 0 Å². The number of rotatable bonds is 7. The second kappa shape index (κ2) is 7.32. The molecular weight excluding hydrogens is 346 g/mol. The molecule has 0 saturated heterocycles. The quantitative estimate of drug-likeness (QED) is 0.616. The molecule has 2 N–H and O–H groups in total. The van der Waals surface area contributed by atoms with E-state index in [0.29, 0.717) is 23.4 Å². The minimum atomic E-state index is -0.441. The number of nitrogens with one attached hydrogen (secondary N) is 1. The van der Waals surface area contributed by atoms with Crippen molar-refractivity contribution in [3.8, 4) is 5.75 Å². The van der Waals surface area contributed by atoms with Gasteiger partial charge in [0.05, 0.1) is 35.9 Å². The van der Waals surface area contributed by atoms with Crippen molar-refractivity contribution in [2.75, 3.05) is 13.3 Å². The van der Waals surface area contributed by atoms with Gasteiger partial charge in [0.25, 0.3) is 5.91 Å². The highest BCUT2D eigenvalue weighted by molar-refractivity contribution is 6.04. The summed E-state index contributed by atoms with van der Waals surface area (Å²) in [5.74, 6) is 1.09. The number of fused-ring (bicyclic) bond motifs is 1. The lowest BCUT2D eigenvalue weighted by Crippen LogP contribution is -2.25. The van der Waals surface area contributed by atoms with E-state index < -0.39 is 12.6 Å². The van der Waals surface area contributed by atoms with Crippen molar-refractivity contribution in [1.29, 1.82) is 0 Å². The molecule has 1 aliphatic carbocycles. The minimum Gasteiger partial charge on any atom is -0.491 e. The second-order valence-corrected chi connectivity index (χ2v) is 6.78. The fourth-order valence-corrected chi connectivity index (χ4v) is 2.91. The second-order valence-electron chi connectivity index (χ2n) is 6.78. The Kier molecular flexibility index (Phi) is 4.72. The lowest BCUT2D eigenvalue weighted by molar-refractivity contribution is 0.0907. The summed E-state index contributed by atoms with van der Waals surface area (Å²) in [6.07, 6.45) is 7.57. The molecule has 0 aromatic carbocycles. The highest BCUT2D eigenvalue weighted by Crippen LogP contribution is 2.30. The molecule has 8 heteroatoms. The number of amides is 1. The van der Waals surface area contributed by atoms with Crippen molar-refractivity contribution in [1.82, 2.24) is 25.1 Å². The molecule has 0 aliphatic heterocycles. The van der Waals surface area contributed by atoms with E-state index in [1.807, 2.05) is 13.0 Å². The molecule has 1 aliphatic rings. The first-order valence-electron chi connectivity index (χ1n) is 8.93. The van der Waals surface area contributed by atoms with Crippen molar-refractivity contribution >= 4 is 16.8 Å². The van der Waals surface area contributed by atoms with Gasteiger partial charge in [-0.25, -0.2) is 0 Å². The predicted octanol–water partition coefficient (Wildman–Crippen LogP) is 1.65. The van der Waals surface area contributed by atoms with E-state index in [0.717, 1.165) is 23.6 Å². The molecular formula is C19H21N5O3. The Morgan fingerprint density at radius 3 is 3.00 bits per heavy atom. The summed E-state index contributed by atoms with van der Waals surface area (Å²) >= 11 is 0. The third kappa shape index (κ3) is 3.90. The molecule has 140 valence electrons. The van der Waals surface area contributed by atoms with Gasteiger partial charge in [0, 0.05) is 12.4 Å². The number of hydrogen-bond acceptors (Lipinski definition) is 6. The van der Waals surface area contributed by atoms with E-state index >= 15 is 0 Å². The molecule has 1 amide bonds. The number of aryl methyl sites for hydroxylation is 1. The Morgan fingerprint density at radius 2 is 2.26 bits per heavy atom. The monoisotopic (exact) mass is 367 g/mol. The van der Waals surface area contributed by atoms with Crippen LogP contribution in [0.25, 0.3) is 10.9 Å². The first-order chi connectivity index (χ1) is 13.1. The van der Waals surface area contributed by atoms with E-state index in [1.165, 1.54) is 19.0 Å². The zero-order valence-corrected chi connectivity index (χ0v) is 15.1. The van der Waals surface area contributed by atoms with E-state index in [1.54, 1.807) is 23.1 Å². The lowest BCUT2D eigenvalue weighted by Gasteiger charge is -2.09. The summed E-state index contributed by atoms with van der Waals surface area (Å²) < 4.78 is 7.55. The summed E-state index contributed by atoms with van der Waals surface area (Å²) in [4.78, 5) is 20.6. The Bertz CT molecular complexity index is 981. The standard InChI is InChI=1S/C19H21N5O3/c1-12-6-14(21-7-17(12)27-10-13-2-3-13)8-24-9-15-16(23-24)4-5-20-18(15)19(26)22-11-25/h4-7,9,13,25H,2-3,8,10-11H2,1H3,(H,22,26). The van der Waals surface area contributed by atoms with Crippen LogP contribution in [0, 0.1) is 12.8 Å². The molecule has 3 heterocycles. The van der Waals surface area contributed by atoms with Gasteiger partial charge in [0.1, 0.15) is 18.2 Å². The van der Waals surface area contributed by atoms with Gasteiger partial charge >= 0.3 is 0 Å². The zero-order chi connectivity index (χ0) is 18.8. The van der Waals surface area contributed by atoms with E-state index in [2.05, 4.69) is 20.4 Å². The van der Waals surface area contributed by atoms with Gasteiger partial charge in [-0.3, -0.25) is 19.4 Å². The lowest BCUT2D eigenvalue weighted by atomic mass is 10.2. The van der Waals surface area contributed by atoms with Crippen LogP contribution in [0.5, 0.6) is 5.75 Å². The molecule has 3 aromatic rings. The predicted molar refractivity (Wildman–Crippen MR) is 98.4 cm³/mol. The number of ether oxygens (including phenoxy) is 1. The highest BCUT2D eigenvalue weighted by atomic mass is 16.5. The van der Waals surface area contributed by atoms with Gasteiger partial charge in [-0.15, -0.1) is 0 Å². The molecule has 0 spiro atoms. The number of aromatic nitrogens is 4. The molecule has 0 bridgehead atoms. The van der Waals surface area contributed by atoms with Crippen LogP contribution < -0.4 is 10.1 Å². The first kappa shape index (κ1) is 17.4. The molecule has 27 heavy (non-hydrogen) atoms. The van der Waals surface area contributed by atoms with Crippen molar-refractivity contribution in [3.05, 3.63) is 47.7 Å². The van der Waals surface area contributed by atoms with Gasteiger partial charge in [-0.2, -0.15) is 5.10 Å². The Hall–Kier alpha value is -3.00. The Morgan fingerprint density at radius 1 is 1.41 bits per heavy atom. The van der Waals surface area contributed by atoms with Crippen LogP contribution in [0.15, 0.2) is 30.7 Å².